The molecule has 2 aliphatic heterocycles. The lowest BCUT2D eigenvalue weighted by Crippen LogP contribution is -2.45. The summed E-state index contributed by atoms with van der Waals surface area (Å²) in [5, 5.41) is 10.5. The molecular weight excluding hydrogens is 466 g/mol. The molecule has 7 nitrogen and oxygen atoms in total. The molecule has 4 unspecified atom stereocenters. The van der Waals surface area contributed by atoms with Crippen LogP contribution < -0.4 is 9.64 Å². The van der Waals surface area contributed by atoms with Gasteiger partial charge in [0.2, 0.25) is 5.91 Å². The lowest BCUT2D eigenvalue weighted by Gasteiger charge is -2.31. The normalized spacial score (nSPS) is 21.9. The Hall–Kier alpha value is -2.93. The van der Waals surface area contributed by atoms with Crippen molar-refractivity contribution < 1.29 is 19.4 Å². The molecule has 1 aromatic heterocycles. The van der Waals surface area contributed by atoms with Gasteiger partial charge < -0.3 is 14.7 Å². The first-order valence-corrected chi connectivity index (χ1v) is 13.9. The number of hydrogen-bond donors (Lipinski definition) is 1. The quantitative estimate of drug-likeness (QED) is 0.428. The third-order valence-corrected chi connectivity index (χ3v) is 7.93. The molecule has 4 rings (SSSR count). The maximum Gasteiger partial charge on any atom is 0.308 e. The molecule has 0 aliphatic carbocycles. The third-order valence-electron chi connectivity index (χ3n) is 7.93. The number of rotatable bonds is 12. The van der Waals surface area contributed by atoms with Gasteiger partial charge in [0.25, 0.3) is 0 Å². The molecule has 0 saturated carbocycles. The van der Waals surface area contributed by atoms with Gasteiger partial charge in [-0.2, -0.15) is 0 Å². The number of hydrogen-bond acceptors (Lipinski definition) is 5. The number of anilines is 1. The number of unbranched alkanes of at least 4 members (excludes halogenated alkanes) is 1. The molecule has 1 N–H and O–H groups in total. The summed E-state index contributed by atoms with van der Waals surface area (Å²) in [6.07, 6.45) is 9.05. The Morgan fingerprint density at radius 3 is 2.78 bits per heavy atom. The lowest BCUT2D eigenvalue weighted by atomic mass is 9.81. The summed E-state index contributed by atoms with van der Waals surface area (Å²) in [6, 6.07) is 9.70. The van der Waals surface area contributed by atoms with Gasteiger partial charge in [0.15, 0.2) is 0 Å². The number of carbonyl (C=O) groups excluding carboxylic acids is 1. The molecule has 1 fully saturated rings. The van der Waals surface area contributed by atoms with E-state index in [4.69, 9.17) is 4.74 Å². The molecule has 200 valence electrons. The van der Waals surface area contributed by atoms with Gasteiger partial charge in [0, 0.05) is 37.7 Å². The van der Waals surface area contributed by atoms with Crippen LogP contribution in [0.1, 0.15) is 69.9 Å². The van der Waals surface area contributed by atoms with Crippen LogP contribution in [0.5, 0.6) is 5.75 Å². The number of likely N-dealkylation sites (tertiary alicyclic amines) is 1. The molecule has 1 aromatic carbocycles. The zero-order valence-corrected chi connectivity index (χ0v) is 22.4. The predicted molar refractivity (Wildman–Crippen MR) is 145 cm³/mol. The molecular formula is C30H41N3O4. The highest BCUT2D eigenvalue weighted by Gasteiger charge is 2.47. The van der Waals surface area contributed by atoms with E-state index in [1.54, 1.807) is 12.4 Å². The van der Waals surface area contributed by atoms with Crippen molar-refractivity contribution in [3.63, 3.8) is 0 Å². The van der Waals surface area contributed by atoms with Crippen molar-refractivity contribution in [1.29, 1.82) is 0 Å². The van der Waals surface area contributed by atoms with Crippen LogP contribution in [0.2, 0.25) is 0 Å². The fourth-order valence-corrected chi connectivity index (χ4v) is 6.07. The fraction of sp³-hybridized carbons (Fsp3) is 0.567. The van der Waals surface area contributed by atoms with Gasteiger partial charge in [0.1, 0.15) is 5.75 Å². The SMILES string of the molecule is CCCCN(C(=O)CN1CC(c2ccc3c(c2)CCO3)C(C(=O)O)C1CC(C)CCC)c1cccnc1. The van der Waals surface area contributed by atoms with Gasteiger partial charge in [-0.3, -0.25) is 19.5 Å². The van der Waals surface area contributed by atoms with Crippen molar-refractivity contribution >= 4 is 17.6 Å². The zero-order valence-electron chi connectivity index (χ0n) is 22.4. The molecule has 0 radical (unpaired) electrons. The number of benzene rings is 1. The second-order valence-corrected chi connectivity index (χ2v) is 10.7. The second kappa shape index (κ2) is 12.5. The van der Waals surface area contributed by atoms with Crippen LogP contribution >= 0.6 is 0 Å². The Labute approximate surface area is 220 Å². The van der Waals surface area contributed by atoms with E-state index in [0.717, 1.165) is 61.1 Å². The van der Waals surface area contributed by atoms with Crippen LogP contribution in [-0.2, 0) is 16.0 Å². The van der Waals surface area contributed by atoms with E-state index >= 15 is 0 Å². The summed E-state index contributed by atoms with van der Waals surface area (Å²) >= 11 is 0. The average Bonchev–Trinajstić information content (AvgIpc) is 3.49. The minimum atomic E-state index is -0.777. The van der Waals surface area contributed by atoms with E-state index in [1.165, 1.54) is 0 Å². The molecule has 4 atom stereocenters. The second-order valence-electron chi connectivity index (χ2n) is 10.7. The zero-order chi connectivity index (χ0) is 26.4. The molecule has 7 heteroatoms. The summed E-state index contributed by atoms with van der Waals surface area (Å²) in [7, 11) is 0. The Balaban J connectivity index is 1.63. The summed E-state index contributed by atoms with van der Waals surface area (Å²) in [6.45, 7) is 8.54. The lowest BCUT2D eigenvalue weighted by molar-refractivity contribution is -0.143. The van der Waals surface area contributed by atoms with E-state index in [9.17, 15) is 14.7 Å². The minimum absolute atomic E-state index is 0.00161. The molecule has 1 amide bonds. The molecule has 1 saturated heterocycles. The maximum absolute atomic E-state index is 13.7. The first-order valence-electron chi connectivity index (χ1n) is 13.9. The van der Waals surface area contributed by atoms with Crippen molar-refractivity contribution in [1.82, 2.24) is 9.88 Å². The highest BCUT2D eigenvalue weighted by molar-refractivity contribution is 5.94. The summed E-state index contributed by atoms with van der Waals surface area (Å²) < 4.78 is 5.68. The Morgan fingerprint density at radius 2 is 2.08 bits per heavy atom. The van der Waals surface area contributed by atoms with Crippen LogP contribution in [0.25, 0.3) is 0 Å². The molecule has 3 heterocycles. The van der Waals surface area contributed by atoms with E-state index in [-0.39, 0.29) is 24.4 Å². The number of carbonyl (C=O) groups is 2. The van der Waals surface area contributed by atoms with E-state index in [0.29, 0.717) is 25.6 Å². The number of aliphatic carboxylic acids is 1. The Bertz CT molecular complexity index is 1060. The number of ether oxygens (including phenoxy) is 1. The summed E-state index contributed by atoms with van der Waals surface area (Å²) in [5.41, 5.74) is 2.98. The van der Waals surface area contributed by atoms with Crippen molar-refractivity contribution in [2.24, 2.45) is 11.8 Å². The molecule has 0 bridgehead atoms. The fourth-order valence-electron chi connectivity index (χ4n) is 6.07. The van der Waals surface area contributed by atoms with Gasteiger partial charge in [-0.25, -0.2) is 0 Å². The smallest absolute Gasteiger partial charge is 0.308 e. The third kappa shape index (κ3) is 6.32. The highest BCUT2D eigenvalue weighted by Crippen LogP contribution is 2.42. The van der Waals surface area contributed by atoms with Crippen molar-refractivity contribution in [2.75, 3.05) is 31.1 Å². The minimum Gasteiger partial charge on any atom is -0.493 e. The van der Waals surface area contributed by atoms with Gasteiger partial charge in [-0.1, -0.05) is 52.2 Å². The topological polar surface area (TPSA) is 83.0 Å². The van der Waals surface area contributed by atoms with Crippen molar-refractivity contribution in [3.8, 4) is 5.75 Å². The van der Waals surface area contributed by atoms with Crippen LogP contribution in [0.15, 0.2) is 42.7 Å². The van der Waals surface area contributed by atoms with Crippen LogP contribution in [0, 0.1) is 11.8 Å². The summed E-state index contributed by atoms with van der Waals surface area (Å²) in [4.78, 5) is 34.7. The van der Waals surface area contributed by atoms with Crippen LogP contribution in [0.3, 0.4) is 0 Å². The monoisotopic (exact) mass is 507 g/mol. The average molecular weight is 508 g/mol. The standard InChI is InChI=1S/C30H41N3O4/c1-4-6-14-33(24-9-7-13-31-18-24)28(34)20-32-19-25(22-10-11-27-23(17-22)12-15-37-27)29(30(35)36)26(32)16-21(3)8-5-2/h7,9-11,13,17-18,21,25-26,29H,4-6,8,12,14-16,19-20H2,1-3H3,(H,35,36). The van der Waals surface area contributed by atoms with Gasteiger partial charge in [0.05, 0.1) is 31.0 Å². The van der Waals surface area contributed by atoms with E-state index in [2.05, 4.69) is 36.7 Å². The number of carboxylic acid groups (broad SMARTS) is 1. The number of aromatic nitrogens is 1. The number of nitrogens with zero attached hydrogens (tertiary/aromatic N) is 3. The molecule has 2 aromatic rings. The number of pyridine rings is 1. The molecule has 37 heavy (non-hydrogen) atoms. The number of carboxylic acids is 1. The highest BCUT2D eigenvalue weighted by atomic mass is 16.5. The van der Waals surface area contributed by atoms with E-state index in [1.807, 2.05) is 29.2 Å². The predicted octanol–water partition coefficient (Wildman–Crippen LogP) is 5.14. The van der Waals surface area contributed by atoms with E-state index < -0.39 is 11.9 Å². The summed E-state index contributed by atoms with van der Waals surface area (Å²) in [5.74, 6) is -0.220. The molecule has 2 aliphatic rings. The maximum atomic E-state index is 13.7. The largest absolute Gasteiger partial charge is 0.493 e. The number of fused-ring (bicyclic) bond motifs is 1. The first kappa shape index (κ1) is 27.1. The van der Waals surface area contributed by atoms with Crippen LogP contribution in [-0.4, -0.2) is 59.1 Å². The van der Waals surface area contributed by atoms with Crippen molar-refractivity contribution in [3.05, 3.63) is 53.9 Å². The number of amides is 1. The van der Waals surface area contributed by atoms with Crippen molar-refractivity contribution in [2.45, 2.75) is 71.3 Å². The van der Waals surface area contributed by atoms with Crippen LogP contribution in [0.4, 0.5) is 5.69 Å². The Morgan fingerprint density at radius 1 is 1.24 bits per heavy atom. The molecule has 0 spiro atoms. The van der Waals surface area contributed by atoms with Gasteiger partial charge in [-0.05, 0) is 48.1 Å². The van der Waals surface area contributed by atoms with Gasteiger partial charge >= 0.3 is 5.97 Å². The first-order chi connectivity index (χ1) is 17.9. The van der Waals surface area contributed by atoms with Gasteiger partial charge in [-0.15, -0.1) is 0 Å². The Kier molecular flexibility index (Phi) is 9.19.